The second kappa shape index (κ2) is 5.85. The van der Waals surface area contributed by atoms with Gasteiger partial charge in [0.2, 0.25) is 0 Å². The van der Waals surface area contributed by atoms with Gasteiger partial charge < -0.3 is 5.73 Å². The van der Waals surface area contributed by atoms with Crippen molar-refractivity contribution in [3.8, 4) is 0 Å². The van der Waals surface area contributed by atoms with Crippen LogP contribution in [-0.2, 0) is 4.79 Å². The first kappa shape index (κ1) is 14.5. The molecule has 0 aromatic heterocycles. The average Bonchev–Trinajstić information content (AvgIpc) is 2.15. The molecule has 0 spiro atoms. The molecule has 0 aromatic rings. The van der Waals surface area contributed by atoms with Crippen LogP contribution >= 0.6 is 0 Å². The predicted molar refractivity (Wildman–Crippen MR) is 59.5 cm³/mol. The zero-order chi connectivity index (χ0) is 12.9. The van der Waals surface area contributed by atoms with E-state index in [1.54, 1.807) is 0 Å². The first-order valence-electron chi connectivity index (χ1n) is 6.18. The van der Waals surface area contributed by atoms with Gasteiger partial charge >= 0.3 is 6.18 Å². The Hall–Kier alpha value is -0.580. The Morgan fingerprint density at radius 3 is 2.29 bits per heavy atom. The van der Waals surface area contributed by atoms with E-state index in [4.69, 9.17) is 5.73 Å². The molecule has 0 aromatic carbocycles. The SMILES string of the molecule is NC1(CC(=O)CCCC(F)(F)F)CCCCC1. The van der Waals surface area contributed by atoms with Crippen LogP contribution in [0.15, 0.2) is 0 Å². The highest BCUT2D eigenvalue weighted by Crippen LogP contribution is 2.30. The molecule has 0 heterocycles. The van der Waals surface area contributed by atoms with Crippen molar-refractivity contribution in [2.75, 3.05) is 0 Å². The molecule has 17 heavy (non-hydrogen) atoms. The lowest BCUT2D eigenvalue weighted by molar-refractivity contribution is -0.137. The van der Waals surface area contributed by atoms with Crippen LogP contribution in [0.25, 0.3) is 0 Å². The molecule has 2 N–H and O–H groups in total. The number of nitrogens with two attached hydrogens (primary N) is 1. The molecule has 0 atom stereocenters. The molecule has 1 fully saturated rings. The lowest BCUT2D eigenvalue weighted by atomic mass is 9.78. The normalized spacial score (nSPS) is 20.2. The van der Waals surface area contributed by atoms with Crippen molar-refractivity contribution in [1.29, 1.82) is 0 Å². The molecule has 0 saturated heterocycles. The number of hydrogen-bond donors (Lipinski definition) is 1. The lowest BCUT2D eigenvalue weighted by Gasteiger charge is -2.32. The van der Waals surface area contributed by atoms with Crippen molar-refractivity contribution in [2.24, 2.45) is 5.73 Å². The van der Waals surface area contributed by atoms with E-state index >= 15 is 0 Å². The fourth-order valence-electron chi connectivity index (χ4n) is 2.40. The summed E-state index contributed by atoms with van der Waals surface area (Å²) < 4.78 is 35.7. The van der Waals surface area contributed by atoms with Crippen LogP contribution in [0.4, 0.5) is 13.2 Å². The molecule has 0 radical (unpaired) electrons. The number of ketones is 1. The predicted octanol–water partition coefficient (Wildman–Crippen LogP) is 3.34. The van der Waals surface area contributed by atoms with E-state index in [1.807, 2.05) is 0 Å². The highest BCUT2D eigenvalue weighted by Gasteiger charge is 2.31. The van der Waals surface area contributed by atoms with Crippen molar-refractivity contribution in [3.05, 3.63) is 0 Å². The summed E-state index contributed by atoms with van der Waals surface area (Å²) in [6, 6.07) is 0. The van der Waals surface area contributed by atoms with E-state index in [0.717, 1.165) is 32.1 Å². The maximum Gasteiger partial charge on any atom is 0.389 e. The molecule has 1 rings (SSSR count). The molecular formula is C12H20F3NO. The molecule has 0 unspecified atom stereocenters. The summed E-state index contributed by atoms with van der Waals surface area (Å²) in [4.78, 5) is 11.6. The van der Waals surface area contributed by atoms with E-state index in [0.29, 0.717) is 0 Å². The monoisotopic (exact) mass is 251 g/mol. The van der Waals surface area contributed by atoms with Gasteiger partial charge in [-0.1, -0.05) is 19.3 Å². The molecule has 1 saturated carbocycles. The summed E-state index contributed by atoms with van der Waals surface area (Å²) in [5, 5.41) is 0. The number of alkyl halides is 3. The minimum atomic E-state index is -4.16. The van der Waals surface area contributed by atoms with Gasteiger partial charge in [0.05, 0.1) is 0 Å². The minimum absolute atomic E-state index is 0.00153. The number of Topliss-reactive ketones (excluding diaryl/α,β-unsaturated/α-hetero) is 1. The Balaban J connectivity index is 2.24. The zero-order valence-electron chi connectivity index (χ0n) is 9.98. The van der Waals surface area contributed by atoms with E-state index in [2.05, 4.69) is 0 Å². The Morgan fingerprint density at radius 1 is 1.18 bits per heavy atom. The second-order valence-electron chi connectivity index (χ2n) is 5.11. The summed E-state index contributed by atoms with van der Waals surface area (Å²) in [5.74, 6) is -0.126. The molecule has 0 aliphatic heterocycles. The minimum Gasteiger partial charge on any atom is -0.325 e. The van der Waals surface area contributed by atoms with Crippen LogP contribution in [0.5, 0.6) is 0 Å². The van der Waals surface area contributed by atoms with Gasteiger partial charge in [0.15, 0.2) is 0 Å². The maximum atomic E-state index is 11.9. The average molecular weight is 251 g/mol. The fraction of sp³-hybridized carbons (Fsp3) is 0.917. The number of halogens is 3. The van der Waals surface area contributed by atoms with Crippen molar-refractivity contribution >= 4 is 5.78 Å². The third kappa shape index (κ3) is 6.05. The third-order valence-electron chi connectivity index (χ3n) is 3.31. The third-order valence-corrected chi connectivity index (χ3v) is 3.31. The number of hydrogen-bond acceptors (Lipinski definition) is 2. The van der Waals surface area contributed by atoms with Crippen LogP contribution in [0.2, 0.25) is 0 Å². The number of rotatable bonds is 5. The molecule has 1 aliphatic carbocycles. The first-order chi connectivity index (χ1) is 7.81. The van der Waals surface area contributed by atoms with Crippen LogP contribution in [0.1, 0.15) is 57.8 Å². The van der Waals surface area contributed by atoms with Crippen LogP contribution in [0.3, 0.4) is 0 Å². The molecule has 1 aliphatic rings. The molecule has 0 amide bonds. The van der Waals surface area contributed by atoms with Gasteiger partial charge in [-0.05, 0) is 19.3 Å². The molecule has 5 heteroatoms. The lowest BCUT2D eigenvalue weighted by Crippen LogP contribution is -2.43. The molecule has 2 nitrogen and oxygen atoms in total. The Bertz CT molecular complexity index is 257. The van der Waals surface area contributed by atoms with Gasteiger partial charge in [-0.2, -0.15) is 13.2 Å². The fourth-order valence-corrected chi connectivity index (χ4v) is 2.40. The van der Waals surface area contributed by atoms with Gasteiger partial charge in [0.1, 0.15) is 5.78 Å². The standard InChI is InChI=1S/C12H20F3NO/c13-12(14,15)8-4-5-10(17)9-11(16)6-2-1-3-7-11/h1-9,16H2. The summed E-state index contributed by atoms with van der Waals surface area (Å²) in [5.41, 5.74) is 5.62. The molecule has 100 valence electrons. The smallest absolute Gasteiger partial charge is 0.325 e. The maximum absolute atomic E-state index is 11.9. The zero-order valence-corrected chi connectivity index (χ0v) is 9.98. The van der Waals surface area contributed by atoms with Gasteiger partial charge in [-0.25, -0.2) is 0 Å². The summed E-state index contributed by atoms with van der Waals surface area (Å²) in [6.07, 6.45) is -0.0978. The Labute approximate surface area is 99.7 Å². The van der Waals surface area contributed by atoms with Crippen LogP contribution in [0, 0.1) is 0 Å². The first-order valence-corrected chi connectivity index (χ1v) is 6.18. The Kier molecular flexibility index (Phi) is 4.98. The van der Waals surface area contributed by atoms with Gasteiger partial charge in [-0.15, -0.1) is 0 Å². The van der Waals surface area contributed by atoms with Gasteiger partial charge in [0.25, 0.3) is 0 Å². The van der Waals surface area contributed by atoms with E-state index < -0.39 is 18.1 Å². The number of carbonyl (C=O) groups is 1. The topological polar surface area (TPSA) is 43.1 Å². The van der Waals surface area contributed by atoms with Crippen molar-refractivity contribution < 1.29 is 18.0 Å². The Morgan fingerprint density at radius 2 is 1.76 bits per heavy atom. The van der Waals surface area contributed by atoms with Gasteiger partial charge in [0, 0.05) is 24.8 Å². The van der Waals surface area contributed by atoms with E-state index in [1.165, 1.54) is 0 Å². The van der Waals surface area contributed by atoms with Crippen molar-refractivity contribution in [2.45, 2.75) is 69.5 Å². The number of carbonyl (C=O) groups excluding carboxylic acids is 1. The largest absolute Gasteiger partial charge is 0.389 e. The van der Waals surface area contributed by atoms with Crippen molar-refractivity contribution in [1.82, 2.24) is 0 Å². The van der Waals surface area contributed by atoms with Crippen molar-refractivity contribution in [3.63, 3.8) is 0 Å². The van der Waals surface area contributed by atoms with E-state index in [9.17, 15) is 18.0 Å². The second-order valence-corrected chi connectivity index (χ2v) is 5.11. The quantitative estimate of drug-likeness (QED) is 0.814. The highest BCUT2D eigenvalue weighted by molar-refractivity contribution is 5.79. The van der Waals surface area contributed by atoms with E-state index in [-0.39, 0.29) is 25.0 Å². The highest BCUT2D eigenvalue weighted by atomic mass is 19.4. The molecular weight excluding hydrogens is 231 g/mol. The summed E-state index contributed by atoms with van der Waals surface area (Å²) in [6.45, 7) is 0. The molecule has 0 bridgehead atoms. The summed E-state index contributed by atoms with van der Waals surface area (Å²) in [7, 11) is 0. The van der Waals surface area contributed by atoms with Crippen LogP contribution in [-0.4, -0.2) is 17.5 Å². The van der Waals surface area contributed by atoms with Gasteiger partial charge in [-0.3, -0.25) is 4.79 Å². The van der Waals surface area contributed by atoms with Crippen LogP contribution < -0.4 is 5.73 Å². The summed E-state index contributed by atoms with van der Waals surface area (Å²) >= 11 is 0.